The number of nitriles is 1. The number of hydrogen-bond acceptors (Lipinski definition) is 2. The van der Waals surface area contributed by atoms with Crippen molar-refractivity contribution >= 4 is 23.2 Å². The molecule has 0 radical (unpaired) electrons. The van der Waals surface area contributed by atoms with E-state index in [-0.39, 0.29) is 0 Å². The van der Waals surface area contributed by atoms with Gasteiger partial charge in [-0.3, -0.25) is 0 Å². The van der Waals surface area contributed by atoms with Crippen LogP contribution in [0.1, 0.15) is 12.0 Å². The maximum absolute atomic E-state index is 8.46. The summed E-state index contributed by atoms with van der Waals surface area (Å²) in [6.45, 7) is 1.44. The molecule has 0 atom stereocenters. The average Bonchev–Trinajstić information content (AvgIpc) is 2.20. The number of rotatable bonds is 4. The molecule has 0 amide bonds. The van der Waals surface area contributed by atoms with Crippen LogP contribution in [0, 0.1) is 11.3 Å². The maximum atomic E-state index is 8.46. The second kappa shape index (κ2) is 5.97. The predicted octanol–water partition coefficient (Wildman–Crippen LogP) is 3.34. The van der Waals surface area contributed by atoms with E-state index in [9.17, 15) is 0 Å². The van der Waals surface area contributed by atoms with Crippen LogP contribution >= 0.6 is 23.2 Å². The second-order valence-electron chi connectivity index (χ2n) is 3.38. The molecule has 0 aromatic heterocycles. The molecule has 0 saturated carbocycles. The Bertz CT molecular complexity index is 371. The van der Waals surface area contributed by atoms with Gasteiger partial charge < -0.3 is 4.90 Å². The van der Waals surface area contributed by atoms with Crippen LogP contribution in [0.3, 0.4) is 0 Å². The lowest BCUT2D eigenvalue weighted by atomic mass is 10.2. The molecule has 0 aliphatic rings. The first kappa shape index (κ1) is 12.3. The summed E-state index contributed by atoms with van der Waals surface area (Å²) in [6, 6.07) is 7.52. The fourth-order valence-electron chi connectivity index (χ4n) is 1.28. The Morgan fingerprint density at radius 1 is 1.40 bits per heavy atom. The van der Waals surface area contributed by atoms with E-state index in [1.54, 1.807) is 12.1 Å². The van der Waals surface area contributed by atoms with E-state index in [0.717, 1.165) is 12.1 Å². The zero-order valence-corrected chi connectivity index (χ0v) is 10.0. The van der Waals surface area contributed by atoms with Gasteiger partial charge in [-0.1, -0.05) is 23.2 Å². The fourth-order valence-corrected chi connectivity index (χ4v) is 1.65. The molecule has 0 aliphatic heterocycles. The van der Waals surface area contributed by atoms with Gasteiger partial charge >= 0.3 is 0 Å². The molecule has 4 heteroatoms. The van der Waals surface area contributed by atoms with Crippen molar-refractivity contribution in [2.24, 2.45) is 0 Å². The number of nitrogens with zero attached hydrogens (tertiary/aromatic N) is 2. The minimum Gasteiger partial charge on any atom is -0.301 e. The van der Waals surface area contributed by atoms with Crippen molar-refractivity contribution in [1.82, 2.24) is 4.90 Å². The lowest BCUT2D eigenvalue weighted by molar-refractivity contribution is 0.335. The van der Waals surface area contributed by atoms with E-state index >= 15 is 0 Å². The SMILES string of the molecule is CN(CCC#N)Cc1cc(Cl)ccc1Cl. The van der Waals surface area contributed by atoms with Gasteiger partial charge in [-0.15, -0.1) is 0 Å². The second-order valence-corrected chi connectivity index (χ2v) is 4.23. The topological polar surface area (TPSA) is 27.0 Å². The van der Waals surface area contributed by atoms with Gasteiger partial charge in [-0.25, -0.2) is 0 Å². The summed E-state index contributed by atoms with van der Waals surface area (Å²) in [4.78, 5) is 2.04. The Morgan fingerprint density at radius 3 is 2.80 bits per heavy atom. The maximum Gasteiger partial charge on any atom is 0.0635 e. The third kappa shape index (κ3) is 4.09. The highest BCUT2D eigenvalue weighted by Crippen LogP contribution is 2.21. The Hall–Kier alpha value is -0.750. The normalized spacial score (nSPS) is 10.3. The van der Waals surface area contributed by atoms with Crippen LogP contribution in [0.5, 0.6) is 0 Å². The molecule has 0 heterocycles. The van der Waals surface area contributed by atoms with E-state index < -0.39 is 0 Å². The lowest BCUT2D eigenvalue weighted by Crippen LogP contribution is -2.18. The van der Waals surface area contributed by atoms with E-state index in [1.807, 2.05) is 18.0 Å². The van der Waals surface area contributed by atoms with Crippen molar-refractivity contribution < 1.29 is 0 Å². The summed E-state index contributed by atoms with van der Waals surface area (Å²) in [5, 5.41) is 9.85. The average molecular weight is 243 g/mol. The molecule has 1 rings (SSSR count). The van der Waals surface area contributed by atoms with Gasteiger partial charge in [0.25, 0.3) is 0 Å². The van der Waals surface area contributed by atoms with Crippen LogP contribution in [0.2, 0.25) is 10.0 Å². The molecule has 15 heavy (non-hydrogen) atoms. The zero-order chi connectivity index (χ0) is 11.3. The van der Waals surface area contributed by atoms with Crippen molar-refractivity contribution in [2.45, 2.75) is 13.0 Å². The quantitative estimate of drug-likeness (QED) is 0.810. The Morgan fingerprint density at radius 2 is 2.13 bits per heavy atom. The summed E-state index contributed by atoms with van der Waals surface area (Å²) in [6.07, 6.45) is 0.523. The van der Waals surface area contributed by atoms with E-state index in [0.29, 0.717) is 23.0 Å². The van der Waals surface area contributed by atoms with Crippen LogP contribution in [0.4, 0.5) is 0 Å². The van der Waals surface area contributed by atoms with E-state index in [2.05, 4.69) is 6.07 Å². The van der Waals surface area contributed by atoms with Crippen LogP contribution in [-0.4, -0.2) is 18.5 Å². The Kier molecular flexibility index (Phi) is 4.90. The Labute approximate surface area is 100 Å². The van der Waals surface area contributed by atoms with Crippen molar-refractivity contribution in [3.63, 3.8) is 0 Å². The van der Waals surface area contributed by atoms with Crippen molar-refractivity contribution in [1.29, 1.82) is 5.26 Å². The van der Waals surface area contributed by atoms with Gasteiger partial charge in [0.05, 0.1) is 6.07 Å². The van der Waals surface area contributed by atoms with Gasteiger partial charge in [0.15, 0.2) is 0 Å². The molecule has 0 bridgehead atoms. The van der Waals surface area contributed by atoms with Crippen molar-refractivity contribution in [2.75, 3.05) is 13.6 Å². The van der Waals surface area contributed by atoms with Gasteiger partial charge in [0.2, 0.25) is 0 Å². The molecule has 80 valence electrons. The highest BCUT2D eigenvalue weighted by Gasteiger charge is 2.04. The molecule has 2 nitrogen and oxygen atoms in total. The van der Waals surface area contributed by atoms with E-state index in [4.69, 9.17) is 28.5 Å². The van der Waals surface area contributed by atoms with Gasteiger partial charge in [-0.2, -0.15) is 5.26 Å². The standard InChI is InChI=1S/C11H12Cl2N2/c1-15(6-2-5-14)8-9-7-10(12)3-4-11(9)13/h3-4,7H,2,6,8H2,1H3. The monoisotopic (exact) mass is 242 g/mol. The van der Waals surface area contributed by atoms with Crippen molar-refractivity contribution in [3.05, 3.63) is 33.8 Å². The van der Waals surface area contributed by atoms with Crippen LogP contribution in [-0.2, 0) is 6.54 Å². The number of halogens is 2. The molecule has 0 spiro atoms. The van der Waals surface area contributed by atoms with Gasteiger partial charge in [0.1, 0.15) is 0 Å². The molecule has 0 saturated heterocycles. The third-order valence-electron chi connectivity index (χ3n) is 2.05. The molecule has 1 aromatic rings. The highest BCUT2D eigenvalue weighted by molar-refractivity contribution is 6.33. The molecular formula is C11H12Cl2N2. The summed E-state index contributed by atoms with van der Waals surface area (Å²) < 4.78 is 0. The molecule has 0 fully saturated rings. The number of benzene rings is 1. The molecule has 0 N–H and O–H groups in total. The first-order chi connectivity index (χ1) is 7.13. The molecule has 1 aromatic carbocycles. The largest absolute Gasteiger partial charge is 0.301 e. The van der Waals surface area contributed by atoms with Crippen LogP contribution in [0.15, 0.2) is 18.2 Å². The molecular weight excluding hydrogens is 231 g/mol. The first-order valence-corrected chi connectivity index (χ1v) is 5.38. The van der Waals surface area contributed by atoms with Gasteiger partial charge in [0, 0.05) is 29.6 Å². The zero-order valence-electron chi connectivity index (χ0n) is 8.50. The summed E-state index contributed by atoms with van der Waals surface area (Å²) >= 11 is 11.9. The van der Waals surface area contributed by atoms with Gasteiger partial charge in [-0.05, 0) is 30.8 Å². The summed E-state index contributed by atoms with van der Waals surface area (Å²) in [7, 11) is 1.95. The van der Waals surface area contributed by atoms with Crippen LogP contribution < -0.4 is 0 Å². The fraction of sp³-hybridized carbons (Fsp3) is 0.364. The smallest absolute Gasteiger partial charge is 0.0635 e. The van der Waals surface area contributed by atoms with Crippen molar-refractivity contribution in [3.8, 4) is 6.07 Å². The van der Waals surface area contributed by atoms with Crippen LogP contribution in [0.25, 0.3) is 0 Å². The third-order valence-corrected chi connectivity index (χ3v) is 2.66. The van der Waals surface area contributed by atoms with E-state index in [1.165, 1.54) is 0 Å². The Balaban J connectivity index is 2.64. The number of hydrogen-bond donors (Lipinski definition) is 0. The molecule has 0 unspecified atom stereocenters. The first-order valence-electron chi connectivity index (χ1n) is 4.63. The molecule has 0 aliphatic carbocycles. The predicted molar refractivity (Wildman–Crippen MR) is 63.0 cm³/mol. The lowest BCUT2D eigenvalue weighted by Gasteiger charge is -2.15. The highest BCUT2D eigenvalue weighted by atomic mass is 35.5. The summed E-state index contributed by atoms with van der Waals surface area (Å²) in [5.74, 6) is 0. The minimum absolute atomic E-state index is 0.523. The minimum atomic E-state index is 0.523. The summed E-state index contributed by atoms with van der Waals surface area (Å²) in [5.41, 5.74) is 0.990.